The van der Waals surface area contributed by atoms with E-state index < -0.39 is 0 Å². The molecule has 1 aromatic carbocycles. The van der Waals surface area contributed by atoms with Gasteiger partial charge >= 0.3 is 0 Å². The predicted molar refractivity (Wildman–Crippen MR) is 73.6 cm³/mol. The van der Waals surface area contributed by atoms with Crippen LogP contribution in [0.2, 0.25) is 0 Å². The molecule has 3 nitrogen and oxygen atoms in total. The van der Waals surface area contributed by atoms with Crippen molar-refractivity contribution >= 4 is 11.6 Å². The second-order valence-corrected chi connectivity index (χ2v) is 4.97. The van der Waals surface area contributed by atoms with Crippen LogP contribution in [0.1, 0.15) is 12.0 Å². The molecule has 1 heterocycles. The highest BCUT2D eigenvalue weighted by Crippen LogP contribution is 2.27. The summed E-state index contributed by atoms with van der Waals surface area (Å²) < 4.78 is 11.0. The molecule has 18 heavy (non-hydrogen) atoms. The molecule has 1 aromatic rings. The van der Waals surface area contributed by atoms with E-state index in [9.17, 15) is 0 Å². The number of benzene rings is 1. The lowest BCUT2D eigenvalue weighted by Crippen LogP contribution is -2.40. The van der Waals surface area contributed by atoms with Crippen LogP contribution >= 0.6 is 11.6 Å². The standard InChI is InChI=1S/C14H20ClNO2/c1-17-10-12(6-7-15)16-9-13-8-11-4-2-3-5-14(11)18-13/h2-5,12-13,16H,6-10H2,1H3. The Labute approximate surface area is 113 Å². The first-order valence-corrected chi connectivity index (χ1v) is 6.89. The van der Waals surface area contributed by atoms with E-state index in [-0.39, 0.29) is 6.10 Å². The lowest BCUT2D eigenvalue weighted by Gasteiger charge is -2.19. The highest BCUT2D eigenvalue weighted by atomic mass is 35.5. The largest absolute Gasteiger partial charge is 0.488 e. The van der Waals surface area contributed by atoms with Crippen LogP contribution in [0.3, 0.4) is 0 Å². The molecule has 2 rings (SSSR count). The van der Waals surface area contributed by atoms with Crippen LogP contribution in [0.4, 0.5) is 0 Å². The van der Waals surface area contributed by atoms with Crippen molar-refractivity contribution in [1.29, 1.82) is 0 Å². The van der Waals surface area contributed by atoms with E-state index in [4.69, 9.17) is 21.1 Å². The molecule has 1 aliphatic heterocycles. The molecule has 0 bridgehead atoms. The van der Waals surface area contributed by atoms with Crippen molar-refractivity contribution in [2.45, 2.75) is 25.0 Å². The van der Waals surface area contributed by atoms with Gasteiger partial charge in [0.1, 0.15) is 11.9 Å². The number of alkyl halides is 1. The number of ether oxygens (including phenoxy) is 2. The average Bonchev–Trinajstić information content (AvgIpc) is 2.79. The molecular formula is C14H20ClNO2. The monoisotopic (exact) mass is 269 g/mol. The predicted octanol–water partition coefficient (Wildman–Crippen LogP) is 2.22. The summed E-state index contributed by atoms with van der Waals surface area (Å²) in [7, 11) is 1.71. The molecule has 100 valence electrons. The van der Waals surface area contributed by atoms with E-state index in [0.717, 1.165) is 25.1 Å². The molecule has 0 saturated carbocycles. The zero-order valence-electron chi connectivity index (χ0n) is 10.7. The van der Waals surface area contributed by atoms with Gasteiger partial charge in [-0.3, -0.25) is 0 Å². The molecule has 0 radical (unpaired) electrons. The third-order valence-corrected chi connectivity index (χ3v) is 3.39. The van der Waals surface area contributed by atoms with Gasteiger partial charge in [0.05, 0.1) is 6.61 Å². The van der Waals surface area contributed by atoms with Crippen LogP contribution < -0.4 is 10.1 Å². The summed E-state index contributed by atoms with van der Waals surface area (Å²) >= 11 is 5.77. The Morgan fingerprint density at radius 3 is 3.06 bits per heavy atom. The minimum absolute atomic E-state index is 0.220. The van der Waals surface area contributed by atoms with Crippen molar-refractivity contribution < 1.29 is 9.47 Å². The summed E-state index contributed by atoms with van der Waals surface area (Å²) in [5, 5.41) is 3.46. The van der Waals surface area contributed by atoms with Gasteiger partial charge in [-0.2, -0.15) is 0 Å². The first-order valence-electron chi connectivity index (χ1n) is 6.36. The molecule has 2 unspecified atom stereocenters. The van der Waals surface area contributed by atoms with Gasteiger partial charge in [-0.15, -0.1) is 11.6 Å². The molecule has 0 aliphatic carbocycles. The minimum Gasteiger partial charge on any atom is -0.488 e. The van der Waals surface area contributed by atoms with E-state index >= 15 is 0 Å². The van der Waals surface area contributed by atoms with E-state index in [1.54, 1.807) is 7.11 Å². The first-order chi connectivity index (χ1) is 8.83. The molecule has 0 spiro atoms. The molecule has 1 aliphatic rings. The van der Waals surface area contributed by atoms with Gasteiger partial charge < -0.3 is 14.8 Å². The lowest BCUT2D eigenvalue weighted by atomic mass is 10.1. The second-order valence-electron chi connectivity index (χ2n) is 4.59. The molecule has 0 fully saturated rings. The minimum atomic E-state index is 0.220. The van der Waals surface area contributed by atoms with Gasteiger partial charge in [0.15, 0.2) is 0 Å². The van der Waals surface area contributed by atoms with Crippen LogP contribution in [0.5, 0.6) is 5.75 Å². The van der Waals surface area contributed by atoms with Gasteiger partial charge in [-0.1, -0.05) is 18.2 Å². The zero-order valence-corrected chi connectivity index (χ0v) is 11.5. The average molecular weight is 270 g/mol. The molecular weight excluding hydrogens is 250 g/mol. The van der Waals surface area contributed by atoms with Crippen molar-refractivity contribution in [1.82, 2.24) is 5.32 Å². The fourth-order valence-electron chi connectivity index (χ4n) is 2.24. The quantitative estimate of drug-likeness (QED) is 0.770. The third kappa shape index (κ3) is 3.61. The van der Waals surface area contributed by atoms with Crippen LogP contribution in [-0.2, 0) is 11.2 Å². The van der Waals surface area contributed by atoms with Crippen molar-refractivity contribution in [3.8, 4) is 5.75 Å². The van der Waals surface area contributed by atoms with Gasteiger partial charge in [0, 0.05) is 32.0 Å². The Hall–Kier alpha value is -0.770. The van der Waals surface area contributed by atoms with Gasteiger partial charge in [0.25, 0.3) is 0 Å². The Morgan fingerprint density at radius 2 is 2.33 bits per heavy atom. The van der Waals surface area contributed by atoms with Crippen LogP contribution in [0.25, 0.3) is 0 Å². The van der Waals surface area contributed by atoms with Gasteiger partial charge in [-0.25, -0.2) is 0 Å². The summed E-state index contributed by atoms with van der Waals surface area (Å²) in [6, 6.07) is 8.52. The smallest absolute Gasteiger partial charge is 0.123 e. The fourth-order valence-corrected chi connectivity index (χ4v) is 2.51. The van der Waals surface area contributed by atoms with Crippen molar-refractivity contribution in [3.63, 3.8) is 0 Å². The third-order valence-electron chi connectivity index (χ3n) is 3.17. The normalized spacial score (nSPS) is 19.3. The fraction of sp³-hybridized carbons (Fsp3) is 0.571. The molecule has 1 N–H and O–H groups in total. The van der Waals surface area contributed by atoms with Crippen molar-refractivity contribution in [2.75, 3.05) is 26.1 Å². The number of hydrogen-bond acceptors (Lipinski definition) is 3. The van der Waals surface area contributed by atoms with Crippen LogP contribution in [0.15, 0.2) is 24.3 Å². The SMILES string of the molecule is COCC(CCCl)NCC1Cc2ccccc2O1. The Kier molecular flexibility index (Phi) is 5.29. The molecule has 0 saturated heterocycles. The van der Waals surface area contributed by atoms with Gasteiger partial charge in [0.2, 0.25) is 0 Å². The summed E-state index contributed by atoms with van der Waals surface area (Å²) in [5.74, 6) is 1.66. The highest BCUT2D eigenvalue weighted by molar-refractivity contribution is 6.17. The number of para-hydroxylation sites is 1. The first kappa shape index (κ1) is 13.7. The van der Waals surface area contributed by atoms with E-state index in [1.165, 1.54) is 5.56 Å². The Balaban J connectivity index is 1.78. The molecule has 0 amide bonds. The molecule has 4 heteroatoms. The maximum Gasteiger partial charge on any atom is 0.123 e. The number of nitrogens with one attached hydrogen (secondary N) is 1. The van der Waals surface area contributed by atoms with Crippen LogP contribution in [-0.4, -0.2) is 38.3 Å². The second kappa shape index (κ2) is 6.98. The number of halogens is 1. The van der Waals surface area contributed by atoms with Crippen molar-refractivity contribution in [2.24, 2.45) is 0 Å². The molecule has 2 atom stereocenters. The summed E-state index contributed by atoms with van der Waals surface area (Å²) in [6.45, 7) is 1.52. The maximum absolute atomic E-state index is 5.88. The Bertz CT molecular complexity index is 342. The number of rotatable bonds is 7. The van der Waals surface area contributed by atoms with E-state index in [1.807, 2.05) is 12.1 Å². The maximum atomic E-state index is 5.88. The summed E-state index contributed by atoms with van der Waals surface area (Å²) in [4.78, 5) is 0. The summed E-state index contributed by atoms with van der Waals surface area (Å²) in [5.41, 5.74) is 1.30. The Morgan fingerprint density at radius 1 is 1.50 bits per heavy atom. The number of methoxy groups -OCH3 is 1. The topological polar surface area (TPSA) is 30.5 Å². The van der Waals surface area contributed by atoms with Gasteiger partial charge in [-0.05, 0) is 18.1 Å². The van der Waals surface area contributed by atoms with Crippen molar-refractivity contribution in [3.05, 3.63) is 29.8 Å². The lowest BCUT2D eigenvalue weighted by molar-refractivity contribution is 0.152. The van der Waals surface area contributed by atoms with E-state index in [0.29, 0.717) is 18.5 Å². The highest BCUT2D eigenvalue weighted by Gasteiger charge is 2.22. The van der Waals surface area contributed by atoms with E-state index in [2.05, 4.69) is 17.4 Å². The molecule has 0 aromatic heterocycles. The summed E-state index contributed by atoms with van der Waals surface area (Å²) in [6.07, 6.45) is 2.11. The number of hydrogen-bond donors (Lipinski definition) is 1. The zero-order chi connectivity index (χ0) is 12.8. The van der Waals surface area contributed by atoms with Crippen LogP contribution in [0, 0.1) is 0 Å². The number of fused-ring (bicyclic) bond motifs is 1.